The van der Waals surface area contributed by atoms with E-state index in [9.17, 15) is 9.18 Å². The molecule has 0 amide bonds. The molecule has 2 heterocycles. The van der Waals surface area contributed by atoms with Gasteiger partial charge in [-0.1, -0.05) is 0 Å². The molecule has 4 rings (SSSR count). The zero-order chi connectivity index (χ0) is 23.6. The summed E-state index contributed by atoms with van der Waals surface area (Å²) in [6.45, 7) is 5.82. The van der Waals surface area contributed by atoms with Crippen LogP contribution in [0.1, 0.15) is 65.0 Å². The highest BCUT2D eigenvalue weighted by Crippen LogP contribution is 2.36. The number of rotatable bonds is 8. The van der Waals surface area contributed by atoms with Gasteiger partial charge in [0, 0.05) is 30.4 Å². The Hall–Kier alpha value is -2.55. The largest absolute Gasteiger partial charge is 0.459 e. The number of esters is 1. The number of nitrogens with one attached hydrogen (secondary N) is 2. The van der Waals surface area contributed by atoms with Crippen molar-refractivity contribution >= 4 is 11.9 Å². The highest BCUT2D eigenvalue weighted by molar-refractivity contribution is 5.72. The lowest BCUT2D eigenvalue weighted by Gasteiger charge is -2.30. The fourth-order valence-electron chi connectivity index (χ4n) is 4.35. The van der Waals surface area contributed by atoms with Gasteiger partial charge in [0.05, 0.1) is 18.9 Å². The minimum atomic E-state index is -0.469. The van der Waals surface area contributed by atoms with Crippen molar-refractivity contribution in [1.29, 1.82) is 0 Å². The third-order valence-corrected chi connectivity index (χ3v) is 6.26. The minimum absolute atomic E-state index is 0.211. The van der Waals surface area contributed by atoms with Gasteiger partial charge in [-0.3, -0.25) is 9.48 Å². The lowest BCUT2D eigenvalue weighted by molar-refractivity contribution is -0.153. The summed E-state index contributed by atoms with van der Waals surface area (Å²) < 4.78 is 21.8. The summed E-state index contributed by atoms with van der Waals surface area (Å²) in [5.41, 5.74) is 1.62. The van der Waals surface area contributed by atoms with E-state index < -0.39 is 11.4 Å². The third-order valence-electron chi connectivity index (χ3n) is 6.26. The van der Waals surface area contributed by atoms with Crippen LogP contribution in [0.2, 0.25) is 0 Å². The van der Waals surface area contributed by atoms with Gasteiger partial charge in [0.15, 0.2) is 5.82 Å². The van der Waals surface area contributed by atoms with Crippen LogP contribution in [0.5, 0.6) is 0 Å². The van der Waals surface area contributed by atoms with E-state index in [1.54, 1.807) is 6.20 Å². The second-order valence-electron chi connectivity index (χ2n) is 10.3. The Kier molecular flexibility index (Phi) is 6.97. The molecule has 2 saturated carbocycles. The summed E-state index contributed by atoms with van der Waals surface area (Å²) in [5, 5.41) is 11.0. The van der Waals surface area contributed by atoms with Crippen molar-refractivity contribution in [3.63, 3.8) is 0 Å². The first-order chi connectivity index (χ1) is 15.7. The van der Waals surface area contributed by atoms with E-state index in [1.807, 2.05) is 32.5 Å². The van der Waals surface area contributed by atoms with Crippen molar-refractivity contribution in [2.75, 3.05) is 11.9 Å². The van der Waals surface area contributed by atoms with E-state index in [-0.39, 0.29) is 24.6 Å². The number of aromatic nitrogens is 4. The predicted octanol–water partition coefficient (Wildman–Crippen LogP) is 3.62. The Bertz CT molecular complexity index is 974. The van der Waals surface area contributed by atoms with Crippen LogP contribution in [0.4, 0.5) is 10.3 Å². The number of halogens is 1. The van der Waals surface area contributed by atoms with Crippen LogP contribution in [-0.4, -0.2) is 49.9 Å². The molecule has 0 atom stereocenters. The van der Waals surface area contributed by atoms with Crippen molar-refractivity contribution < 1.29 is 13.9 Å². The van der Waals surface area contributed by atoms with Gasteiger partial charge in [0.2, 0.25) is 5.95 Å². The monoisotopic (exact) mass is 458 g/mol. The number of nitrogens with zero attached hydrogens (tertiary/aromatic N) is 4. The van der Waals surface area contributed by atoms with Crippen LogP contribution in [0.15, 0.2) is 12.4 Å². The molecule has 2 aliphatic carbocycles. The van der Waals surface area contributed by atoms with Crippen LogP contribution in [-0.2, 0) is 23.0 Å². The van der Waals surface area contributed by atoms with Crippen molar-refractivity contribution in [3.05, 3.63) is 23.9 Å². The molecule has 0 saturated heterocycles. The van der Waals surface area contributed by atoms with Gasteiger partial charge in [0.25, 0.3) is 0 Å². The Balaban J connectivity index is 1.32. The zero-order valence-electron chi connectivity index (χ0n) is 20.0. The number of aryl methyl sites for hydroxylation is 1. The quantitative estimate of drug-likeness (QED) is 0.584. The molecule has 0 unspecified atom stereocenters. The maximum absolute atomic E-state index is 14.6. The van der Waals surface area contributed by atoms with Gasteiger partial charge in [-0.05, 0) is 71.6 Å². The Morgan fingerprint density at radius 2 is 1.85 bits per heavy atom. The molecular weight excluding hydrogens is 423 g/mol. The lowest BCUT2D eigenvalue weighted by Crippen LogP contribution is -2.41. The second-order valence-corrected chi connectivity index (χ2v) is 10.3. The Morgan fingerprint density at radius 3 is 2.52 bits per heavy atom. The summed E-state index contributed by atoms with van der Waals surface area (Å²) in [7, 11) is 1.90. The molecule has 2 aliphatic rings. The van der Waals surface area contributed by atoms with E-state index in [1.165, 1.54) is 19.0 Å². The van der Waals surface area contributed by atoms with Gasteiger partial charge in [-0.15, -0.1) is 0 Å². The van der Waals surface area contributed by atoms with Crippen LogP contribution < -0.4 is 10.6 Å². The second kappa shape index (κ2) is 9.75. The van der Waals surface area contributed by atoms with Crippen LogP contribution in [0.3, 0.4) is 0 Å². The first kappa shape index (κ1) is 23.6. The van der Waals surface area contributed by atoms with E-state index in [0.717, 1.165) is 43.4 Å². The maximum Gasteiger partial charge on any atom is 0.320 e. The fraction of sp³-hybridized carbons (Fsp3) is 0.667. The van der Waals surface area contributed by atoms with Crippen LogP contribution in [0, 0.1) is 11.7 Å². The molecular formula is C24H35FN6O2. The molecule has 180 valence electrons. The smallest absolute Gasteiger partial charge is 0.320 e. The number of hydrogen-bond acceptors (Lipinski definition) is 7. The maximum atomic E-state index is 14.6. The van der Waals surface area contributed by atoms with Crippen LogP contribution >= 0.6 is 0 Å². The first-order valence-electron chi connectivity index (χ1n) is 11.9. The van der Waals surface area contributed by atoms with E-state index >= 15 is 0 Å². The SMILES string of the molecule is Cn1ncc(-c2nc(NC3CCC(NCC(=O)OC(C)(C)C)CC3)ncc2F)c1CC1CC1. The Labute approximate surface area is 194 Å². The van der Waals surface area contributed by atoms with Gasteiger partial charge >= 0.3 is 5.97 Å². The molecule has 2 fully saturated rings. The summed E-state index contributed by atoms with van der Waals surface area (Å²) >= 11 is 0. The summed E-state index contributed by atoms with van der Waals surface area (Å²) in [4.78, 5) is 20.6. The molecule has 9 heteroatoms. The van der Waals surface area contributed by atoms with Crippen molar-refractivity contribution in [2.24, 2.45) is 13.0 Å². The molecule has 0 aromatic carbocycles. The summed E-state index contributed by atoms with van der Waals surface area (Å²) in [6.07, 6.45) is 9.99. The van der Waals surface area contributed by atoms with Crippen molar-refractivity contribution in [3.8, 4) is 11.3 Å². The van der Waals surface area contributed by atoms with Gasteiger partial charge in [-0.2, -0.15) is 5.10 Å². The number of anilines is 1. The van der Waals surface area contributed by atoms with Gasteiger partial charge < -0.3 is 15.4 Å². The van der Waals surface area contributed by atoms with E-state index in [4.69, 9.17) is 4.74 Å². The van der Waals surface area contributed by atoms with Crippen LogP contribution in [0.25, 0.3) is 11.3 Å². The molecule has 2 N–H and O–H groups in total. The molecule has 2 aromatic rings. The first-order valence-corrected chi connectivity index (χ1v) is 11.9. The molecule has 0 radical (unpaired) electrons. The average Bonchev–Trinajstić information content (AvgIpc) is 3.50. The van der Waals surface area contributed by atoms with Gasteiger partial charge in [-0.25, -0.2) is 14.4 Å². The van der Waals surface area contributed by atoms with Gasteiger partial charge in [0.1, 0.15) is 11.3 Å². The summed E-state index contributed by atoms with van der Waals surface area (Å²) in [5.74, 6) is 0.450. The number of ether oxygens (including phenoxy) is 1. The molecule has 33 heavy (non-hydrogen) atoms. The summed E-state index contributed by atoms with van der Waals surface area (Å²) in [6, 6.07) is 0.489. The molecule has 0 spiro atoms. The van der Waals surface area contributed by atoms with Crippen molar-refractivity contribution in [2.45, 2.75) is 83.4 Å². The highest BCUT2D eigenvalue weighted by Gasteiger charge is 2.27. The third kappa shape index (κ3) is 6.50. The topological polar surface area (TPSA) is 94.0 Å². The molecule has 8 nitrogen and oxygen atoms in total. The Morgan fingerprint density at radius 1 is 1.15 bits per heavy atom. The fourth-order valence-corrected chi connectivity index (χ4v) is 4.35. The highest BCUT2D eigenvalue weighted by atomic mass is 19.1. The molecule has 0 bridgehead atoms. The van der Waals surface area contributed by atoms with E-state index in [2.05, 4.69) is 25.7 Å². The van der Waals surface area contributed by atoms with E-state index in [0.29, 0.717) is 17.6 Å². The molecule has 2 aromatic heterocycles. The predicted molar refractivity (Wildman–Crippen MR) is 124 cm³/mol. The normalized spacial score (nSPS) is 21.1. The standard InChI is InChI=1S/C24H35FN6O2/c1-24(2,3)33-21(32)14-26-16-7-9-17(10-8-16)29-23-27-13-19(25)22(30-23)18-12-28-31(4)20(18)11-15-5-6-15/h12-13,15-17,26H,5-11,14H2,1-4H3,(H,27,29,30). The number of carbonyl (C=O) groups is 1. The minimum Gasteiger partial charge on any atom is -0.459 e. The number of carbonyl (C=O) groups excluding carboxylic acids is 1. The zero-order valence-corrected chi connectivity index (χ0v) is 20.0. The lowest BCUT2D eigenvalue weighted by atomic mass is 9.91. The molecule has 0 aliphatic heterocycles. The number of hydrogen-bond donors (Lipinski definition) is 2. The average molecular weight is 459 g/mol. The van der Waals surface area contributed by atoms with Crippen molar-refractivity contribution in [1.82, 2.24) is 25.1 Å².